The molecule has 0 saturated carbocycles. The molecule has 0 aliphatic heterocycles. The zero-order valence-electron chi connectivity index (χ0n) is 16.3. The lowest BCUT2D eigenvalue weighted by Crippen LogP contribution is -2.13. The maximum absolute atomic E-state index is 12.3. The fraction of sp³-hybridized carbons (Fsp3) is 0.190. The fourth-order valence-electron chi connectivity index (χ4n) is 2.72. The van der Waals surface area contributed by atoms with Crippen molar-refractivity contribution < 1.29 is 27.7 Å². The summed E-state index contributed by atoms with van der Waals surface area (Å²) in [4.78, 5) is 36.4. The Bertz CT molecular complexity index is 1170. The van der Waals surface area contributed by atoms with Gasteiger partial charge < -0.3 is 13.9 Å². The predicted molar refractivity (Wildman–Crippen MR) is 111 cm³/mol. The highest BCUT2D eigenvalue weighted by molar-refractivity contribution is 7.84. The number of carbonyl (C=O) groups is 2. The van der Waals surface area contributed by atoms with Crippen molar-refractivity contribution in [2.75, 3.05) is 18.2 Å². The van der Waals surface area contributed by atoms with Crippen LogP contribution in [0.2, 0.25) is 0 Å². The van der Waals surface area contributed by atoms with E-state index >= 15 is 0 Å². The lowest BCUT2D eigenvalue weighted by molar-refractivity contribution is 0.0473. The highest BCUT2D eigenvalue weighted by Crippen LogP contribution is 2.22. The highest BCUT2D eigenvalue weighted by Gasteiger charge is 2.12. The number of carbonyl (C=O) groups excluding carboxylic acids is 2. The van der Waals surface area contributed by atoms with Gasteiger partial charge in [-0.3, -0.25) is 9.53 Å². The average molecular weight is 429 g/mol. The van der Waals surface area contributed by atoms with Gasteiger partial charge in [0.2, 0.25) is 0 Å². The highest BCUT2D eigenvalue weighted by atomic mass is 32.2. The maximum Gasteiger partial charge on any atom is 0.411 e. The molecular formula is C21H19NO7S. The van der Waals surface area contributed by atoms with Crippen molar-refractivity contribution in [3.05, 3.63) is 70.1 Å². The molecule has 0 radical (unpaired) electrons. The molecule has 1 heterocycles. The van der Waals surface area contributed by atoms with E-state index in [1.54, 1.807) is 37.4 Å². The first-order chi connectivity index (χ1) is 14.4. The van der Waals surface area contributed by atoms with Crippen LogP contribution >= 0.6 is 0 Å². The Balaban J connectivity index is 1.78. The van der Waals surface area contributed by atoms with E-state index < -0.39 is 28.5 Å². The first-order valence-corrected chi connectivity index (χ1v) is 10.5. The van der Waals surface area contributed by atoms with Crippen LogP contribution < -0.4 is 10.9 Å². The second kappa shape index (κ2) is 9.36. The third kappa shape index (κ3) is 5.12. The molecule has 1 amide bonds. The standard InChI is InChI=1S/C21H19NO7S/c1-3-27-21(25)22-15-6-9-17-14(10-19(23)29-18(17)11-15)12-28-20(24)13-4-7-16(8-5-13)30(2)26/h4-11H,3,12H2,1-2H3,(H,22,25). The summed E-state index contributed by atoms with van der Waals surface area (Å²) in [6.07, 6.45) is 0.926. The Hall–Kier alpha value is -3.46. The second-order valence-corrected chi connectivity index (χ2v) is 7.58. The summed E-state index contributed by atoms with van der Waals surface area (Å²) < 4.78 is 26.8. The average Bonchev–Trinajstić information content (AvgIpc) is 2.71. The minimum absolute atomic E-state index is 0.146. The van der Waals surface area contributed by atoms with Crippen LogP contribution in [0.25, 0.3) is 11.0 Å². The van der Waals surface area contributed by atoms with Gasteiger partial charge >= 0.3 is 17.7 Å². The van der Waals surface area contributed by atoms with Crippen molar-refractivity contribution in [1.82, 2.24) is 0 Å². The van der Waals surface area contributed by atoms with E-state index in [4.69, 9.17) is 13.9 Å². The van der Waals surface area contributed by atoms with Gasteiger partial charge in [0.1, 0.15) is 12.2 Å². The number of esters is 1. The number of hydrogen-bond donors (Lipinski definition) is 1. The van der Waals surface area contributed by atoms with Crippen molar-refractivity contribution in [1.29, 1.82) is 0 Å². The van der Waals surface area contributed by atoms with Crippen molar-refractivity contribution in [3.8, 4) is 0 Å². The monoisotopic (exact) mass is 429 g/mol. The normalized spacial score (nSPS) is 11.7. The summed E-state index contributed by atoms with van der Waals surface area (Å²) in [5.41, 5.74) is 0.779. The molecule has 0 saturated heterocycles. The summed E-state index contributed by atoms with van der Waals surface area (Å²) in [6, 6.07) is 12.3. The van der Waals surface area contributed by atoms with E-state index in [1.807, 2.05) is 0 Å². The molecule has 3 aromatic rings. The van der Waals surface area contributed by atoms with E-state index in [2.05, 4.69) is 5.32 Å². The van der Waals surface area contributed by atoms with E-state index in [-0.39, 0.29) is 18.8 Å². The summed E-state index contributed by atoms with van der Waals surface area (Å²) in [7, 11) is -1.14. The minimum Gasteiger partial charge on any atom is -0.457 e. The number of hydrogen-bond acceptors (Lipinski definition) is 7. The number of nitrogens with one attached hydrogen (secondary N) is 1. The van der Waals surface area contributed by atoms with Gasteiger partial charge in [0.25, 0.3) is 0 Å². The lowest BCUT2D eigenvalue weighted by Gasteiger charge is -2.09. The molecule has 3 rings (SSSR count). The van der Waals surface area contributed by atoms with E-state index in [0.717, 1.165) is 0 Å². The van der Waals surface area contributed by atoms with Gasteiger partial charge in [-0.15, -0.1) is 0 Å². The molecule has 1 N–H and O–H groups in total. The quantitative estimate of drug-likeness (QED) is 0.472. The molecule has 1 aromatic heterocycles. The van der Waals surface area contributed by atoms with Gasteiger partial charge in [-0.05, 0) is 43.3 Å². The van der Waals surface area contributed by atoms with Crippen LogP contribution in [-0.2, 0) is 26.9 Å². The topological polar surface area (TPSA) is 112 Å². The van der Waals surface area contributed by atoms with Gasteiger partial charge in [-0.25, -0.2) is 14.4 Å². The van der Waals surface area contributed by atoms with Crippen molar-refractivity contribution >= 4 is 39.5 Å². The SMILES string of the molecule is CCOC(=O)Nc1ccc2c(COC(=O)c3ccc(S(C)=O)cc3)cc(=O)oc2c1. The molecule has 1 atom stereocenters. The Labute approximate surface area is 174 Å². The molecule has 156 valence electrons. The number of amides is 1. The molecule has 0 aliphatic carbocycles. The van der Waals surface area contributed by atoms with Gasteiger partial charge in [-0.2, -0.15) is 0 Å². The van der Waals surface area contributed by atoms with Crippen LogP contribution in [0.3, 0.4) is 0 Å². The molecule has 0 bridgehead atoms. The Kier molecular flexibility index (Phi) is 6.63. The minimum atomic E-state index is -1.14. The molecule has 30 heavy (non-hydrogen) atoms. The molecule has 0 aliphatic rings. The molecule has 0 fully saturated rings. The van der Waals surface area contributed by atoms with E-state index in [9.17, 15) is 18.6 Å². The largest absolute Gasteiger partial charge is 0.457 e. The molecular weight excluding hydrogens is 410 g/mol. The van der Waals surface area contributed by atoms with Crippen LogP contribution in [0.4, 0.5) is 10.5 Å². The lowest BCUT2D eigenvalue weighted by atomic mass is 10.1. The Morgan fingerprint density at radius 3 is 2.47 bits per heavy atom. The van der Waals surface area contributed by atoms with Crippen molar-refractivity contribution in [3.63, 3.8) is 0 Å². The third-order valence-electron chi connectivity index (χ3n) is 4.13. The van der Waals surface area contributed by atoms with Crippen LogP contribution in [0, 0.1) is 0 Å². The molecule has 0 spiro atoms. The maximum atomic E-state index is 12.3. The molecule has 9 heteroatoms. The zero-order valence-corrected chi connectivity index (χ0v) is 17.1. The number of ether oxygens (including phenoxy) is 2. The fourth-order valence-corrected chi connectivity index (χ4v) is 3.24. The van der Waals surface area contributed by atoms with Gasteiger partial charge in [0, 0.05) is 50.7 Å². The summed E-state index contributed by atoms with van der Waals surface area (Å²) in [5, 5.41) is 3.09. The number of anilines is 1. The van der Waals surface area contributed by atoms with Crippen molar-refractivity contribution in [2.24, 2.45) is 0 Å². The first kappa shape index (κ1) is 21.3. The van der Waals surface area contributed by atoms with Crippen LogP contribution in [0.15, 0.2) is 62.6 Å². The van der Waals surface area contributed by atoms with Crippen LogP contribution in [0.1, 0.15) is 22.8 Å². The molecule has 8 nitrogen and oxygen atoms in total. The van der Waals surface area contributed by atoms with Crippen molar-refractivity contribution in [2.45, 2.75) is 18.4 Å². The van der Waals surface area contributed by atoms with Gasteiger partial charge in [0.15, 0.2) is 0 Å². The van der Waals surface area contributed by atoms with E-state index in [1.165, 1.54) is 24.3 Å². The zero-order chi connectivity index (χ0) is 21.7. The van der Waals surface area contributed by atoms with Crippen LogP contribution in [-0.4, -0.2) is 29.1 Å². The number of benzene rings is 2. The predicted octanol–water partition coefficient (Wildman–Crippen LogP) is 3.46. The summed E-state index contributed by atoms with van der Waals surface area (Å²) in [6.45, 7) is 1.77. The Morgan fingerprint density at radius 2 is 1.80 bits per heavy atom. The number of rotatable bonds is 6. The smallest absolute Gasteiger partial charge is 0.411 e. The second-order valence-electron chi connectivity index (χ2n) is 6.20. The Morgan fingerprint density at radius 1 is 1.07 bits per heavy atom. The molecule has 1 unspecified atom stereocenters. The third-order valence-corrected chi connectivity index (χ3v) is 5.07. The van der Waals surface area contributed by atoms with Gasteiger partial charge in [-0.1, -0.05) is 0 Å². The van der Waals surface area contributed by atoms with Crippen LogP contribution in [0.5, 0.6) is 0 Å². The molecule has 2 aromatic carbocycles. The summed E-state index contributed by atoms with van der Waals surface area (Å²) in [5.74, 6) is -0.578. The number of fused-ring (bicyclic) bond motifs is 1. The van der Waals surface area contributed by atoms with Gasteiger partial charge in [0.05, 0.1) is 12.2 Å². The van der Waals surface area contributed by atoms with E-state index in [0.29, 0.717) is 27.1 Å². The summed E-state index contributed by atoms with van der Waals surface area (Å²) >= 11 is 0. The first-order valence-electron chi connectivity index (χ1n) is 8.98.